The number of nitrogens with two attached hydrogens (primary N) is 1. The van der Waals surface area contributed by atoms with Crippen molar-refractivity contribution in [3.8, 4) is 0 Å². The van der Waals surface area contributed by atoms with E-state index in [1.807, 2.05) is 19.1 Å². The number of nitrogens with zero attached hydrogens (tertiary/aromatic N) is 1. The molecule has 3 N–H and O–H groups in total. The lowest BCUT2D eigenvalue weighted by molar-refractivity contribution is 0.145. The Balaban J connectivity index is 0.00000338. The lowest BCUT2D eigenvalue weighted by Gasteiger charge is -2.16. The molecule has 0 aliphatic carbocycles. The lowest BCUT2D eigenvalue weighted by Crippen LogP contribution is -2.33. The van der Waals surface area contributed by atoms with E-state index in [9.17, 15) is 0 Å². The van der Waals surface area contributed by atoms with E-state index >= 15 is 0 Å². The number of hydrogen-bond acceptors (Lipinski definition) is 2. The molecule has 1 unspecified atom stereocenters. The van der Waals surface area contributed by atoms with E-state index in [1.165, 1.54) is 11.1 Å². The zero-order chi connectivity index (χ0) is 17.7. The van der Waals surface area contributed by atoms with Crippen molar-refractivity contribution in [1.29, 1.82) is 0 Å². The van der Waals surface area contributed by atoms with Crippen LogP contribution in [0.4, 0.5) is 0 Å². The second-order valence-electron chi connectivity index (χ2n) is 6.00. The van der Waals surface area contributed by atoms with Crippen molar-refractivity contribution >= 4 is 29.9 Å². The quantitative estimate of drug-likeness (QED) is 0.241. The summed E-state index contributed by atoms with van der Waals surface area (Å²) in [5.41, 5.74) is 8.61. The summed E-state index contributed by atoms with van der Waals surface area (Å²) in [6, 6.07) is 21.0. The molecule has 0 saturated heterocycles. The molecule has 0 heterocycles. The van der Waals surface area contributed by atoms with Crippen molar-refractivity contribution in [2.24, 2.45) is 10.7 Å². The van der Waals surface area contributed by atoms with E-state index in [1.54, 1.807) is 0 Å². The van der Waals surface area contributed by atoms with Gasteiger partial charge >= 0.3 is 0 Å². The third-order valence-electron chi connectivity index (χ3n) is 4.05. The van der Waals surface area contributed by atoms with Crippen molar-refractivity contribution < 1.29 is 4.74 Å². The highest BCUT2D eigenvalue weighted by Gasteiger charge is 2.12. The summed E-state index contributed by atoms with van der Waals surface area (Å²) in [6.07, 6.45) is 1.88. The second-order valence-corrected chi connectivity index (χ2v) is 6.00. The average molecular weight is 467 g/mol. The molecule has 5 heteroatoms. The van der Waals surface area contributed by atoms with Gasteiger partial charge in [0.05, 0.1) is 0 Å². The average Bonchev–Trinajstić information content (AvgIpc) is 2.66. The van der Waals surface area contributed by atoms with Gasteiger partial charge in [-0.1, -0.05) is 60.7 Å². The smallest absolute Gasteiger partial charge is 0.188 e. The number of nitrogens with one attached hydrogen (secondary N) is 1. The number of guanidine groups is 1. The van der Waals surface area contributed by atoms with E-state index in [2.05, 4.69) is 58.8 Å². The monoisotopic (exact) mass is 467 g/mol. The fourth-order valence-corrected chi connectivity index (χ4v) is 2.71. The van der Waals surface area contributed by atoms with Crippen LogP contribution in [0, 0.1) is 0 Å². The highest BCUT2D eigenvalue weighted by molar-refractivity contribution is 14.0. The Bertz CT molecular complexity index is 620. The Labute approximate surface area is 174 Å². The molecule has 0 aliphatic heterocycles. The molecule has 2 aromatic carbocycles. The molecule has 0 aliphatic rings. The lowest BCUT2D eigenvalue weighted by atomic mass is 9.92. The third-order valence-corrected chi connectivity index (χ3v) is 4.05. The summed E-state index contributed by atoms with van der Waals surface area (Å²) in [7, 11) is 0. The van der Waals surface area contributed by atoms with Gasteiger partial charge in [-0.3, -0.25) is 4.99 Å². The van der Waals surface area contributed by atoms with E-state index in [0.29, 0.717) is 18.4 Å². The number of ether oxygens (including phenoxy) is 1. The van der Waals surface area contributed by atoms with Crippen LogP contribution in [-0.2, 0) is 11.2 Å². The molecule has 2 aromatic rings. The Morgan fingerprint density at radius 1 is 1.08 bits per heavy atom. The van der Waals surface area contributed by atoms with Crippen LogP contribution in [-0.4, -0.2) is 32.3 Å². The Morgan fingerprint density at radius 2 is 1.73 bits per heavy atom. The molecule has 0 amide bonds. The van der Waals surface area contributed by atoms with Gasteiger partial charge < -0.3 is 15.8 Å². The largest absolute Gasteiger partial charge is 0.382 e. The van der Waals surface area contributed by atoms with Crippen molar-refractivity contribution in [1.82, 2.24) is 5.32 Å². The molecule has 0 fully saturated rings. The normalized spacial score (nSPS) is 12.3. The molecule has 0 bridgehead atoms. The van der Waals surface area contributed by atoms with Gasteiger partial charge in [-0.25, -0.2) is 0 Å². The summed E-state index contributed by atoms with van der Waals surface area (Å²) in [5.74, 6) is 0.817. The molecule has 142 valence electrons. The minimum absolute atomic E-state index is 0. The first-order valence-electron chi connectivity index (χ1n) is 9.00. The first-order chi connectivity index (χ1) is 12.3. The van der Waals surface area contributed by atoms with Gasteiger partial charge in [-0.2, -0.15) is 0 Å². The van der Waals surface area contributed by atoms with Crippen LogP contribution < -0.4 is 11.1 Å². The van der Waals surface area contributed by atoms with E-state index in [4.69, 9.17) is 10.5 Å². The number of halogens is 1. The standard InChI is InChI=1S/C21H29N3O.HI/c1-2-25-15-9-14-23-21(22)24-17-20(19-12-7-4-8-13-19)16-18-10-5-3-6-11-18;/h3-8,10-13,20H,2,9,14-17H2,1H3,(H3,22,23,24);1H. The molecule has 0 saturated carbocycles. The van der Waals surface area contributed by atoms with Crippen LogP contribution in [0.25, 0.3) is 0 Å². The predicted molar refractivity (Wildman–Crippen MR) is 120 cm³/mol. The highest BCUT2D eigenvalue weighted by Crippen LogP contribution is 2.21. The van der Waals surface area contributed by atoms with Crippen LogP contribution >= 0.6 is 24.0 Å². The summed E-state index contributed by atoms with van der Waals surface area (Å²) in [5, 5.41) is 3.16. The Hall–Kier alpha value is -1.60. The molecule has 1 atom stereocenters. The van der Waals surface area contributed by atoms with Gasteiger partial charge in [0.2, 0.25) is 0 Å². The zero-order valence-electron chi connectivity index (χ0n) is 15.4. The maximum Gasteiger partial charge on any atom is 0.188 e. The van der Waals surface area contributed by atoms with Crippen molar-refractivity contribution in [2.45, 2.75) is 25.7 Å². The molecular formula is C21H30IN3O. The van der Waals surface area contributed by atoms with Crippen LogP contribution in [0.1, 0.15) is 30.4 Å². The topological polar surface area (TPSA) is 59.6 Å². The van der Waals surface area contributed by atoms with E-state index < -0.39 is 0 Å². The first kappa shape index (κ1) is 22.4. The highest BCUT2D eigenvalue weighted by atomic mass is 127. The number of hydrogen-bond donors (Lipinski definition) is 2. The molecule has 0 radical (unpaired) electrons. The zero-order valence-corrected chi connectivity index (χ0v) is 17.8. The molecule has 4 nitrogen and oxygen atoms in total. The van der Waals surface area contributed by atoms with Gasteiger partial charge in [0, 0.05) is 32.2 Å². The van der Waals surface area contributed by atoms with Crippen molar-refractivity contribution in [2.75, 3.05) is 26.3 Å². The Kier molecular flexibility index (Phi) is 11.7. The predicted octanol–water partition coefficient (Wildman–Crippen LogP) is 3.96. The summed E-state index contributed by atoms with van der Waals surface area (Å²) in [4.78, 5) is 4.56. The number of aliphatic imine (C=N–C) groups is 1. The summed E-state index contributed by atoms with van der Waals surface area (Å²) in [6.45, 7) is 4.95. The SMILES string of the molecule is CCOCCCNC(N)=NCC(Cc1ccccc1)c1ccccc1.I. The number of rotatable bonds is 10. The number of benzene rings is 2. The fourth-order valence-electron chi connectivity index (χ4n) is 2.71. The van der Waals surface area contributed by atoms with Crippen molar-refractivity contribution in [3.05, 3.63) is 71.8 Å². The minimum Gasteiger partial charge on any atom is -0.382 e. The van der Waals surface area contributed by atoms with Gasteiger partial charge in [0.25, 0.3) is 0 Å². The summed E-state index contributed by atoms with van der Waals surface area (Å²) >= 11 is 0. The second kappa shape index (κ2) is 13.6. The van der Waals surface area contributed by atoms with Crippen molar-refractivity contribution in [3.63, 3.8) is 0 Å². The minimum atomic E-state index is 0. The van der Waals surface area contributed by atoms with E-state index in [0.717, 1.165) is 32.6 Å². The maximum atomic E-state index is 6.01. The third kappa shape index (κ3) is 8.67. The molecule has 26 heavy (non-hydrogen) atoms. The molecular weight excluding hydrogens is 437 g/mol. The molecule has 0 spiro atoms. The van der Waals surface area contributed by atoms with Gasteiger partial charge in [0.15, 0.2) is 5.96 Å². The van der Waals surface area contributed by atoms with E-state index in [-0.39, 0.29) is 24.0 Å². The van der Waals surface area contributed by atoms with Crippen LogP contribution in [0.5, 0.6) is 0 Å². The van der Waals surface area contributed by atoms with Crippen LogP contribution in [0.2, 0.25) is 0 Å². The van der Waals surface area contributed by atoms with Gasteiger partial charge in [-0.05, 0) is 30.9 Å². The Morgan fingerprint density at radius 3 is 2.38 bits per heavy atom. The summed E-state index contributed by atoms with van der Waals surface area (Å²) < 4.78 is 5.32. The maximum absolute atomic E-state index is 6.01. The molecule has 2 rings (SSSR count). The fraction of sp³-hybridized carbons (Fsp3) is 0.381. The van der Waals surface area contributed by atoms with Gasteiger partial charge in [-0.15, -0.1) is 24.0 Å². The molecule has 0 aromatic heterocycles. The van der Waals surface area contributed by atoms with Crippen LogP contribution in [0.15, 0.2) is 65.7 Å². The van der Waals surface area contributed by atoms with Gasteiger partial charge in [0.1, 0.15) is 0 Å². The van der Waals surface area contributed by atoms with Crippen LogP contribution in [0.3, 0.4) is 0 Å². The first-order valence-corrected chi connectivity index (χ1v) is 9.00.